The Morgan fingerprint density at radius 3 is 2.88 bits per heavy atom. The van der Waals surface area contributed by atoms with Gasteiger partial charge in [0.15, 0.2) is 0 Å². The Labute approximate surface area is 149 Å². The van der Waals surface area contributed by atoms with Crippen LogP contribution in [-0.2, 0) is 24.9 Å². The maximum atomic E-state index is 6.13. The van der Waals surface area contributed by atoms with E-state index in [9.17, 15) is 0 Å². The predicted octanol–water partition coefficient (Wildman–Crippen LogP) is 1.68. The minimum atomic E-state index is 0.344. The van der Waals surface area contributed by atoms with Crippen molar-refractivity contribution in [1.82, 2.24) is 24.3 Å². The van der Waals surface area contributed by atoms with E-state index >= 15 is 0 Å². The Bertz CT molecular complexity index is 673. The van der Waals surface area contributed by atoms with Crippen molar-refractivity contribution < 1.29 is 4.74 Å². The van der Waals surface area contributed by atoms with Crippen molar-refractivity contribution in [3.05, 3.63) is 48.3 Å². The molecule has 0 N–H and O–H groups in total. The van der Waals surface area contributed by atoms with E-state index in [4.69, 9.17) is 4.74 Å². The van der Waals surface area contributed by atoms with Crippen molar-refractivity contribution in [2.75, 3.05) is 26.2 Å². The van der Waals surface area contributed by atoms with Gasteiger partial charge in [-0.05, 0) is 24.5 Å². The summed E-state index contributed by atoms with van der Waals surface area (Å²) in [6.07, 6.45) is 10.3. The molecule has 0 amide bonds. The second-order valence-corrected chi connectivity index (χ2v) is 7.12. The third-order valence-corrected chi connectivity index (χ3v) is 5.47. The molecule has 6 heteroatoms. The van der Waals surface area contributed by atoms with Crippen molar-refractivity contribution in [3.8, 4) is 0 Å². The zero-order valence-electron chi connectivity index (χ0n) is 14.9. The lowest BCUT2D eigenvalue weighted by Crippen LogP contribution is -2.50. The maximum Gasteiger partial charge on any atom is 0.122 e. The fraction of sp³-hybridized carbons (Fsp3) is 0.579. The summed E-state index contributed by atoms with van der Waals surface area (Å²) in [7, 11) is 2.07. The number of imidazole rings is 1. The van der Waals surface area contributed by atoms with Crippen LogP contribution in [0.3, 0.4) is 0 Å². The predicted molar refractivity (Wildman–Crippen MR) is 95.9 cm³/mol. The zero-order chi connectivity index (χ0) is 17.1. The molecule has 0 bridgehead atoms. The van der Waals surface area contributed by atoms with E-state index in [1.807, 2.05) is 30.9 Å². The third kappa shape index (κ3) is 3.92. The second kappa shape index (κ2) is 7.64. The smallest absolute Gasteiger partial charge is 0.122 e. The van der Waals surface area contributed by atoms with Crippen molar-refractivity contribution in [2.45, 2.75) is 38.1 Å². The number of aryl methyl sites for hydroxylation is 1. The molecule has 0 aromatic carbocycles. The van der Waals surface area contributed by atoms with E-state index in [-0.39, 0.29) is 0 Å². The molecule has 2 aromatic heterocycles. The Morgan fingerprint density at radius 1 is 1.16 bits per heavy atom. The largest absolute Gasteiger partial charge is 0.375 e. The number of hydrogen-bond acceptors (Lipinski definition) is 5. The average Bonchev–Trinajstić information content (AvgIpc) is 2.91. The summed E-state index contributed by atoms with van der Waals surface area (Å²) in [5, 5.41) is 0. The summed E-state index contributed by atoms with van der Waals surface area (Å²) in [6, 6.07) is 4.69. The molecule has 4 heterocycles. The minimum absolute atomic E-state index is 0.344. The molecule has 2 unspecified atom stereocenters. The molecule has 2 fully saturated rings. The molecule has 25 heavy (non-hydrogen) atoms. The van der Waals surface area contributed by atoms with E-state index in [0.29, 0.717) is 12.1 Å². The highest BCUT2D eigenvalue weighted by molar-refractivity contribution is 5.09. The second-order valence-electron chi connectivity index (χ2n) is 7.12. The summed E-state index contributed by atoms with van der Waals surface area (Å²) in [5.74, 6) is 1.14. The van der Waals surface area contributed by atoms with E-state index in [0.717, 1.165) is 58.0 Å². The molecular weight excluding hydrogens is 314 g/mol. The first-order valence-corrected chi connectivity index (χ1v) is 9.23. The third-order valence-electron chi connectivity index (χ3n) is 5.47. The van der Waals surface area contributed by atoms with Crippen molar-refractivity contribution >= 4 is 0 Å². The number of rotatable bonds is 4. The molecule has 2 aliphatic heterocycles. The molecule has 4 rings (SSSR count). The summed E-state index contributed by atoms with van der Waals surface area (Å²) in [4.78, 5) is 13.8. The van der Waals surface area contributed by atoms with Crippen LogP contribution >= 0.6 is 0 Å². The normalized spacial score (nSPS) is 25.5. The molecular formula is C19H27N5O. The first-order chi connectivity index (χ1) is 12.3. The number of likely N-dealkylation sites (tertiary alicyclic amines) is 1. The first kappa shape index (κ1) is 16.7. The number of ether oxygens (including phenoxy) is 1. The lowest BCUT2D eigenvalue weighted by atomic mass is 10.0. The fourth-order valence-electron chi connectivity index (χ4n) is 4.04. The zero-order valence-corrected chi connectivity index (χ0v) is 14.9. The van der Waals surface area contributed by atoms with Crippen LogP contribution in [0.25, 0.3) is 0 Å². The molecule has 0 aliphatic carbocycles. The van der Waals surface area contributed by atoms with Crippen molar-refractivity contribution in [1.29, 1.82) is 0 Å². The van der Waals surface area contributed by atoms with Gasteiger partial charge in [0.25, 0.3) is 0 Å². The molecule has 0 spiro atoms. The lowest BCUT2D eigenvalue weighted by Gasteiger charge is -2.40. The van der Waals surface area contributed by atoms with Gasteiger partial charge in [0, 0.05) is 64.1 Å². The Kier molecular flexibility index (Phi) is 5.10. The summed E-state index contributed by atoms with van der Waals surface area (Å²) < 4.78 is 8.25. The standard InChI is InChI=1S/C19H27N5O/c1-22-10-7-21-19(22)15-23-8-4-17-18(5-9-23)25-12-11-24(17)14-16-3-2-6-20-13-16/h2-3,6-7,10,13,17-18H,4-5,8-9,11-12,14-15H2,1H3. The van der Waals surface area contributed by atoms with Gasteiger partial charge < -0.3 is 9.30 Å². The van der Waals surface area contributed by atoms with E-state index in [1.54, 1.807) is 0 Å². The van der Waals surface area contributed by atoms with E-state index < -0.39 is 0 Å². The van der Waals surface area contributed by atoms with E-state index in [2.05, 4.69) is 37.4 Å². The van der Waals surface area contributed by atoms with Gasteiger partial charge in [-0.25, -0.2) is 4.98 Å². The van der Waals surface area contributed by atoms with Gasteiger partial charge in [-0.1, -0.05) is 6.07 Å². The molecule has 2 atom stereocenters. The molecule has 2 aliphatic rings. The van der Waals surface area contributed by atoms with Crippen LogP contribution in [0.2, 0.25) is 0 Å². The first-order valence-electron chi connectivity index (χ1n) is 9.23. The number of fused-ring (bicyclic) bond motifs is 1. The Balaban J connectivity index is 1.41. The van der Waals surface area contributed by atoms with Gasteiger partial charge in [0.05, 0.1) is 19.3 Å². The molecule has 134 valence electrons. The van der Waals surface area contributed by atoms with Gasteiger partial charge in [-0.2, -0.15) is 0 Å². The Morgan fingerprint density at radius 2 is 2.08 bits per heavy atom. The number of aromatic nitrogens is 3. The summed E-state index contributed by atoms with van der Waals surface area (Å²) in [6.45, 7) is 5.91. The number of pyridine rings is 1. The van der Waals surface area contributed by atoms with E-state index in [1.165, 1.54) is 5.56 Å². The quantitative estimate of drug-likeness (QED) is 0.847. The molecule has 0 saturated carbocycles. The van der Waals surface area contributed by atoms with Gasteiger partial charge in [0.1, 0.15) is 5.82 Å². The lowest BCUT2D eigenvalue weighted by molar-refractivity contribution is -0.0747. The highest BCUT2D eigenvalue weighted by Gasteiger charge is 2.34. The van der Waals surface area contributed by atoms with Gasteiger partial charge in [0.2, 0.25) is 0 Å². The highest BCUT2D eigenvalue weighted by atomic mass is 16.5. The van der Waals surface area contributed by atoms with Crippen LogP contribution in [0.5, 0.6) is 0 Å². The van der Waals surface area contributed by atoms with Crippen molar-refractivity contribution in [3.63, 3.8) is 0 Å². The molecule has 2 aromatic rings. The molecule has 2 saturated heterocycles. The van der Waals surface area contributed by atoms with Crippen molar-refractivity contribution in [2.24, 2.45) is 7.05 Å². The summed E-state index contributed by atoms with van der Waals surface area (Å²) in [5.41, 5.74) is 1.29. The van der Waals surface area contributed by atoms with Crippen LogP contribution in [0.15, 0.2) is 36.9 Å². The van der Waals surface area contributed by atoms with Crippen LogP contribution in [0, 0.1) is 0 Å². The minimum Gasteiger partial charge on any atom is -0.375 e. The molecule has 6 nitrogen and oxygen atoms in total. The van der Waals surface area contributed by atoms with Crippen LogP contribution < -0.4 is 0 Å². The van der Waals surface area contributed by atoms with Crippen LogP contribution in [0.1, 0.15) is 24.2 Å². The highest BCUT2D eigenvalue weighted by Crippen LogP contribution is 2.25. The van der Waals surface area contributed by atoms with Crippen LogP contribution in [-0.4, -0.2) is 62.7 Å². The number of nitrogens with zero attached hydrogens (tertiary/aromatic N) is 5. The number of hydrogen-bond donors (Lipinski definition) is 0. The average molecular weight is 341 g/mol. The van der Waals surface area contributed by atoms with Gasteiger partial charge in [-0.15, -0.1) is 0 Å². The maximum absolute atomic E-state index is 6.13. The Hall–Kier alpha value is -1.76. The number of morpholine rings is 1. The van der Waals surface area contributed by atoms with Gasteiger partial charge >= 0.3 is 0 Å². The monoisotopic (exact) mass is 341 g/mol. The molecule has 0 radical (unpaired) electrons. The van der Waals surface area contributed by atoms with Crippen LogP contribution in [0.4, 0.5) is 0 Å². The fourth-order valence-corrected chi connectivity index (χ4v) is 4.04. The topological polar surface area (TPSA) is 46.4 Å². The summed E-state index contributed by atoms with van der Waals surface area (Å²) >= 11 is 0. The van der Waals surface area contributed by atoms with Gasteiger partial charge in [-0.3, -0.25) is 14.8 Å². The SMILES string of the molecule is Cn1ccnc1CN1CCC2OCCN(Cc3cccnc3)C2CC1.